The molecule has 0 unspecified atom stereocenters. The van der Waals surface area contributed by atoms with Gasteiger partial charge in [-0.2, -0.15) is 5.26 Å². The molecule has 0 aromatic heterocycles. The van der Waals surface area contributed by atoms with Gasteiger partial charge in [-0.05, 0) is 35.9 Å². The monoisotopic (exact) mass is 361 g/mol. The number of hydrogen-bond acceptors (Lipinski definition) is 4. The number of carbonyl (C=O) groups excluding carboxylic acids is 1. The van der Waals surface area contributed by atoms with Crippen molar-refractivity contribution in [3.63, 3.8) is 0 Å². The standard InChI is InChI=1S/C16H9Cl2N3O3/c17-12-3-1-2-10(7-12)6-11(9-19)16(22)20-14-5-4-13(18)8-15(14)21(23)24/h1-8H,(H,20,22)/b11-6+. The van der Waals surface area contributed by atoms with Crippen LogP contribution in [0.4, 0.5) is 11.4 Å². The Morgan fingerprint density at radius 3 is 2.54 bits per heavy atom. The first kappa shape index (κ1) is 17.5. The van der Waals surface area contributed by atoms with E-state index in [1.165, 1.54) is 18.2 Å². The Morgan fingerprint density at radius 2 is 1.92 bits per heavy atom. The zero-order valence-electron chi connectivity index (χ0n) is 12.0. The summed E-state index contributed by atoms with van der Waals surface area (Å²) in [4.78, 5) is 22.6. The molecule has 120 valence electrons. The van der Waals surface area contributed by atoms with Crippen LogP contribution in [0.3, 0.4) is 0 Å². The van der Waals surface area contributed by atoms with Crippen molar-refractivity contribution in [1.82, 2.24) is 0 Å². The van der Waals surface area contributed by atoms with Crippen LogP contribution in [0.1, 0.15) is 5.56 Å². The third-order valence-electron chi connectivity index (χ3n) is 2.93. The Morgan fingerprint density at radius 1 is 1.21 bits per heavy atom. The fourth-order valence-electron chi connectivity index (χ4n) is 1.86. The normalized spacial score (nSPS) is 10.8. The lowest BCUT2D eigenvalue weighted by atomic mass is 10.1. The maximum atomic E-state index is 12.2. The molecule has 0 atom stereocenters. The zero-order chi connectivity index (χ0) is 17.7. The van der Waals surface area contributed by atoms with Crippen LogP contribution in [-0.2, 0) is 4.79 Å². The van der Waals surface area contributed by atoms with Crippen molar-refractivity contribution >= 4 is 46.6 Å². The first-order valence-electron chi connectivity index (χ1n) is 6.53. The SMILES string of the molecule is N#C/C(=C\c1cccc(Cl)c1)C(=O)Nc1ccc(Cl)cc1[N+](=O)[O-]. The number of halogens is 2. The second-order valence-corrected chi connectivity index (χ2v) is 5.47. The molecule has 0 heterocycles. The Balaban J connectivity index is 2.31. The van der Waals surface area contributed by atoms with Gasteiger partial charge >= 0.3 is 0 Å². The molecule has 0 saturated carbocycles. The molecule has 0 bridgehead atoms. The minimum atomic E-state index is -0.775. The van der Waals surface area contributed by atoms with E-state index in [1.807, 2.05) is 0 Å². The van der Waals surface area contributed by atoms with Gasteiger partial charge in [0.1, 0.15) is 17.3 Å². The number of nitriles is 1. The maximum absolute atomic E-state index is 12.2. The van der Waals surface area contributed by atoms with E-state index in [2.05, 4.69) is 5.32 Å². The molecular formula is C16H9Cl2N3O3. The quantitative estimate of drug-likeness (QED) is 0.376. The van der Waals surface area contributed by atoms with E-state index >= 15 is 0 Å². The molecule has 2 rings (SSSR count). The van der Waals surface area contributed by atoms with Crippen molar-refractivity contribution in [3.8, 4) is 6.07 Å². The highest BCUT2D eigenvalue weighted by Crippen LogP contribution is 2.28. The lowest BCUT2D eigenvalue weighted by molar-refractivity contribution is -0.383. The molecule has 0 aliphatic carbocycles. The summed E-state index contributed by atoms with van der Waals surface area (Å²) in [5.74, 6) is -0.775. The smallest absolute Gasteiger partial charge is 0.294 e. The summed E-state index contributed by atoms with van der Waals surface area (Å²) in [6, 6.07) is 12.1. The molecule has 2 aromatic carbocycles. The number of nitro benzene ring substituents is 1. The Kier molecular flexibility index (Phi) is 5.53. The van der Waals surface area contributed by atoms with Crippen molar-refractivity contribution in [2.24, 2.45) is 0 Å². The molecule has 0 aliphatic rings. The highest BCUT2D eigenvalue weighted by molar-refractivity contribution is 6.31. The van der Waals surface area contributed by atoms with Gasteiger partial charge in [0.05, 0.1) is 4.92 Å². The number of hydrogen-bond donors (Lipinski definition) is 1. The van der Waals surface area contributed by atoms with Gasteiger partial charge in [-0.25, -0.2) is 0 Å². The number of nitrogens with one attached hydrogen (secondary N) is 1. The average Bonchev–Trinajstić information content (AvgIpc) is 2.54. The van der Waals surface area contributed by atoms with E-state index in [-0.39, 0.29) is 22.0 Å². The molecule has 6 nitrogen and oxygen atoms in total. The molecule has 0 spiro atoms. The van der Waals surface area contributed by atoms with Gasteiger partial charge in [-0.1, -0.05) is 35.3 Å². The lowest BCUT2D eigenvalue weighted by Gasteiger charge is -2.06. The van der Waals surface area contributed by atoms with Crippen LogP contribution in [-0.4, -0.2) is 10.8 Å². The highest BCUT2D eigenvalue weighted by atomic mass is 35.5. The van der Waals surface area contributed by atoms with Gasteiger partial charge in [0.25, 0.3) is 11.6 Å². The molecular weight excluding hydrogens is 353 g/mol. The van der Waals surface area contributed by atoms with Gasteiger partial charge < -0.3 is 5.32 Å². The number of nitrogens with zero attached hydrogens (tertiary/aromatic N) is 2. The first-order chi connectivity index (χ1) is 11.4. The van der Waals surface area contributed by atoms with E-state index in [0.717, 1.165) is 6.07 Å². The highest BCUT2D eigenvalue weighted by Gasteiger charge is 2.18. The Labute approximate surface area is 147 Å². The second kappa shape index (κ2) is 7.59. The Hall–Kier alpha value is -2.88. The second-order valence-electron chi connectivity index (χ2n) is 4.60. The number of rotatable bonds is 4. The zero-order valence-corrected chi connectivity index (χ0v) is 13.5. The molecule has 1 amide bonds. The summed E-state index contributed by atoms with van der Waals surface area (Å²) in [6.07, 6.45) is 1.34. The van der Waals surface area contributed by atoms with E-state index < -0.39 is 10.8 Å². The molecule has 24 heavy (non-hydrogen) atoms. The predicted octanol–water partition coefficient (Wildman–Crippen LogP) is 4.45. The van der Waals surface area contributed by atoms with Gasteiger partial charge in [0.2, 0.25) is 0 Å². The van der Waals surface area contributed by atoms with Gasteiger partial charge in [0, 0.05) is 16.1 Å². The summed E-state index contributed by atoms with van der Waals surface area (Å²) >= 11 is 11.6. The van der Waals surface area contributed by atoms with E-state index in [4.69, 9.17) is 28.5 Å². The molecule has 0 saturated heterocycles. The summed E-state index contributed by atoms with van der Waals surface area (Å²) < 4.78 is 0. The summed E-state index contributed by atoms with van der Waals surface area (Å²) in [7, 11) is 0. The fourth-order valence-corrected chi connectivity index (χ4v) is 2.23. The van der Waals surface area contributed by atoms with E-state index in [9.17, 15) is 14.9 Å². The number of carbonyl (C=O) groups is 1. The van der Waals surface area contributed by atoms with E-state index in [1.54, 1.807) is 30.3 Å². The van der Waals surface area contributed by atoms with Crippen LogP contribution >= 0.6 is 23.2 Å². The van der Waals surface area contributed by atoms with Crippen LogP contribution in [0.25, 0.3) is 6.08 Å². The minimum absolute atomic E-state index is 0.0540. The first-order valence-corrected chi connectivity index (χ1v) is 7.29. The van der Waals surface area contributed by atoms with Crippen molar-refractivity contribution < 1.29 is 9.72 Å². The number of amides is 1. The number of benzene rings is 2. The van der Waals surface area contributed by atoms with Crippen LogP contribution < -0.4 is 5.32 Å². The molecule has 1 N–H and O–H groups in total. The van der Waals surface area contributed by atoms with Crippen molar-refractivity contribution in [2.75, 3.05) is 5.32 Å². The lowest BCUT2D eigenvalue weighted by Crippen LogP contribution is -2.14. The number of anilines is 1. The van der Waals surface area contributed by atoms with Gasteiger partial charge in [-0.3, -0.25) is 14.9 Å². The summed E-state index contributed by atoms with van der Waals surface area (Å²) in [5, 5.41) is 23.1. The van der Waals surface area contributed by atoms with Crippen LogP contribution in [0.15, 0.2) is 48.0 Å². The van der Waals surface area contributed by atoms with Crippen molar-refractivity contribution in [2.45, 2.75) is 0 Å². The fraction of sp³-hybridized carbons (Fsp3) is 0. The summed E-state index contributed by atoms with van der Waals surface area (Å²) in [5.41, 5.74) is -0.0844. The van der Waals surface area contributed by atoms with Crippen molar-refractivity contribution in [3.05, 3.63) is 73.8 Å². The molecule has 2 aromatic rings. The topological polar surface area (TPSA) is 96.0 Å². The van der Waals surface area contributed by atoms with Gasteiger partial charge in [0.15, 0.2) is 0 Å². The molecule has 0 fully saturated rings. The van der Waals surface area contributed by atoms with Crippen molar-refractivity contribution in [1.29, 1.82) is 5.26 Å². The van der Waals surface area contributed by atoms with Crippen LogP contribution in [0.2, 0.25) is 10.0 Å². The summed E-state index contributed by atoms with van der Waals surface area (Å²) in [6.45, 7) is 0. The van der Waals surface area contributed by atoms with E-state index in [0.29, 0.717) is 10.6 Å². The third-order valence-corrected chi connectivity index (χ3v) is 3.40. The average molecular weight is 362 g/mol. The largest absolute Gasteiger partial charge is 0.316 e. The Bertz CT molecular complexity index is 888. The van der Waals surface area contributed by atoms with Crippen LogP contribution in [0, 0.1) is 21.4 Å². The molecule has 8 heteroatoms. The van der Waals surface area contributed by atoms with Crippen LogP contribution in [0.5, 0.6) is 0 Å². The minimum Gasteiger partial charge on any atom is -0.316 e. The predicted molar refractivity (Wildman–Crippen MR) is 91.8 cm³/mol. The van der Waals surface area contributed by atoms with Gasteiger partial charge in [-0.15, -0.1) is 0 Å². The third kappa shape index (κ3) is 4.32. The molecule has 0 aliphatic heterocycles. The maximum Gasteiger partial charge on any atom is 0.294 e. The number of nitro groups is 1. The molecule has 0 radical (unpaired) electrons.